The third-order valence-electron chi connectivity index (χ3n) is 3.68. The topological polar surface area (TPSA) is 21.3 Å². The molecule has 0 radical (unpaired) electrons. The first-order valence-corrected chi connectivity index (χ1v) is 7.65. The van der Waals surface area contributed by atoms with E-state index in [4.69, 9.17) is 4.74 Å². The maximum absolute atomic E-state index is 5.89. The van der Waals surface area contributed by atoms with Crippen LogP contribution in [0.5, 0.6) is 0 Å². The van der Waals surface area contributed by atoms with Gasteiger partial charge in [0.15, 0.2) is 0 Å². The van der Waals surface area contributed by atoms with Crippen molar-refractivity contribution < 1.29 is 4.74 Å². The fraction of sp³-hybridized carbons (Fsp3) is 0.375. The molecule has 0 spiro atoms. The molecule has 1 atom stereocenters. The Kier molecular flexibility index (Phi) is 3.97. The van der Waals surface area contributed by atoms with E-state index in [1.165, 1.54) is 21.6 Å². The van der Waals surface area contributed by atoms with Crippen molar-refractivity contribution in [2.24, 2.45) is 0 Å². The lowest BCUT2D eigenvalue weighted by atomic mass is 9.97. The first-order chi connectivity index (χ1) is 9.34. The van der Waals surface area contributed by atoms with Crippen LogP contribution >= 0.6 is 11.3 Å². The molecule has 1 aliphatic heterocycles. The summed E-state index contributed by atoms with van der Waals surface area (Å²) in [5.41, 5.74) is 4.17. The summed E-state index contributed by atoms with van der Waals surface area (Å²) in [6, 6.07) is 10.8. The number of aryl methyl sites for hydroxylation is 1. The van der Waals surface area contributed by atoms with Crippen molar-refractivity contribution in [3.05, 3.63) is 57.3 Å². The van der Waals surface area contributed by atoms with E-state index in [2.05, 4.69) is 48.0 Å². The number of benzene rings is 1. The van der Waals surface area contributed by atoms with Crippen molar-refractivity contribution in [1.29, 1.82) is 0 Å². The number of hydrogen-bond donors (Lipinski definition) is 1. The van der Waals surface area contributed by atoms with Gasteiger partial charge >= 0.3 is 0 Å². The highest BCUT2D eigenvalue weighted by atomic mass is 32.1. The van der Waals surface area contributed by atoms with Crippen LogP contribution in [-0.4, -0.2) is 13.2 Å². The monoisotopic (exact) mass is 273 g/mol. The van der Waals surface area contributed by atoms with E-state index in [1.807, 2.05) is 11.3 Å². The average Bonchev–Trinajstić information content (AvgIpc) is 2.85. The minimum atomic E-state index is 0.199. The van der Waals surface area contributed by atoms with E-state index in [9.17, 15) is 0 Å². The first-order valence-electron chi connectivity index (χ1n) is 6.77. The van der Waals surface area contributed by atoms with Crippen LogP contribution in [0.25, 0.3) is 0 Å². The summed E-state index contributed by atoms with van der Waals surface area (Å²) in [4.78, 5) is 1.42. The molecule has 0 saturated carbocycles. The van der Waals surface area contributed by atoms with Crippen LogP contribution < -0.4 is 5.32 Å². The van der Waals surface area contributed by atoms with Crippen LogP contribution in [0.15, 0.2) is 35.7 Å². The van der Waals surface area contributed by atoms with Crippen LogP contribution in [-0.2, 0) is 17.7 Å². The molecular formula is C16H19NOS. The van der Waals surface area contributed by atoms with Crippen LogP contribution in [0.2, 0.25) is 0 Å². The number of ether oxygens (including phenoxy) is 1. The second-order valence-electron chi connectivity index (χ2n) is 4.97. The van der Waals surface area contributed by atoms with Gasteiger partial charge in [0.25, 0.3) is 0 Å². The quantitative estimate of drug-likeness (QED) is 0.921. The minimum absolute atomic E-state index is 0.199. The van der Waals surface area contributed by atoms with Gasteiger partial charge < -0.3 is 10.1 Å². The third kappa shape index (κ3) is 2.89. The highest BCUT2D eigenvalue weighted by molar-refractivity contribution is 7.10. The third-order valence-corrected chi connectivity index (χ3v) is 4.70. The Balaban J connectivity index is 1.61. The van der Waals surface area contributed by atoms with E-state index in [-0.39, 0.29) is 6.10 Å². The summed E-state index contributed by atoms with van der Waals surface area (Å²) < 4.78 is 5.89. The second kappa shape index (κ2) is 5.87. The molecule has 0 amide bonds. The lowest BCUT2D eigenvalue weighted by Crippen LogP contribution is -2.27. The minimum Gasteiger partial charge on any atom is -0.372 e. The SMILES string of the molecule is Cc1ccsc1CNCC1OCCc2ccccc21. The maximum Gasteiger partial charge on any atom is 0.0952 e. The summed E-state index contributed by atoms with van der Waals surface area (Å²) >= 11 is 1.82. The Morgan fingerprint density at radius 1 is 1.32 bits per heavy atom. The number of nitrogens with one attached hydrogen (secondary N) is 1. The van der Waals surface area contributed by atoms with Gasteiger partial charge in [-0.25, -0.2) is 0 Å². The normalized spacial score (nSPS) is 18.3. The summed E-state index contributed by atoms with van der Waals surface area (Å²) in [6.45, 7) is 4.82. The molecule has 0 saturated heterocycles. The molecule has 1 aliphatic rings. The standard InChI is InChI=1S/C16H19NOS/c1-12-7-9-19-16(12)11-17-10-15-14-5-3-2-4-13(14)6-8-18-15/h2-5,7,9,15,17H,6,8,10-11H2,1H3. The number of thiophene rings is 1. The van der Waals surface area contributed by atoms with Gasteiger partial charge in [0.2, 0.25) is 0 Å². The van der Waals surface area contributed by atoms with E-state index in [0.29, 0.717) is 0 Å². The smallest absolute Gasteiger partial charge is 0.0952 e. The van der Waals surface area contributed by atoms with Gasteiger partial charge in [-0.15, -0.1) is 11.3 Å². The van der Waals surface area contributed by atoms with Gasteiger partial charge in [0.1, 0.15) is 0 Å². The van der Waals surface area contributed by atoms with Crippen molar-refractivity contribution in [1.82, 2.24) is 5.32 Å². The van der Waals surface area contributed by atoms with E-state index in [1.54, 1.807) is 0 Å². The van der Waals surface area contributed by atoms with Crippen LogP contribution in [0, 0.1) is 6.92 Å². The molecule has 1 aromatic carbocycles. The summed E-state index contributed by atoms with van der Waals surface area (Å²) in [7, 11) is 0. The lowest BCUT2D eigenvalue weighted by Gasteiger charge is -2.26. The molecule has 100 valence electrons. The molecule has 2 aromatic rings. The van der Waals surface area contributed by atoms with Crippen molar-refractivity contribution in [2.75, 3.05) is 13.2 Å². The van der Waals surface area contributed by atoms with Crippen molar-refractivity contribution in [3.8, 4) is 0 Å². The molecule has 1 N–H and O–H groups in total. The molecule has 2 heterocycles. The van der Waals surface area contributed by atoms with E-state index < -0.39 is 0 Å². The largest absolute Gasteiger partial charge is 0.372 e. The van der Waals surface area contributed by atoms with Crippen LogP contribution in [0.4, 0.5) is 0 Å². The van der Waals surface area contributed by atoms with Crippen LogP contribution in [0.1, 0.15) is 27.7 Å². The second-order valence-corrected chi connectivity index (χ2v) is 5.97. The Morgan fingerprint density at radius 2 is 2.21 bits per heavy atom. The fourth-order valence-electron chi connectivity index (χ4n) is 2.55. The zero-order valence-corrected chi connectivity index (χ0v) is 12.0. The predicted octanol–water partition coefficient (Wildman–Crippen LogP) is 3.46. The summed E-state index contributed by atoms with van der Waals surface area (Å²) in [5, 5.41) is 5.68. The van der Waals surface area contributed by atoms with Gasteiger partial charge in [-0.3, -0.25) is 0 Å². The van der Waals surface area contributed by atoms with Gasteiger partial charge in [0, 0.05) is 18.0 Å². The molecule has 0 bridgehead atoms. The molecule has 2 nitrogen and oxygen atoms in total. The molecular weight excluding hydrogens is 254 g/mol. The molecule has 19 heavy (non-hydrogen) atoms. The number of rotatable bonds is 4. The first kappa shape index (κ1) is 12.9. The molecule has 0 fully saturated rings. The van der Waals surface area contributed by atoms with Crippen molar-refractivity contribution >= 4 is 11.3 Å². The molecule has 0 aliphatic carbocycles. The Morgan fingerprint density at radius 3 is 3.05 bits per heavy atom. The van der Waals surface area contributed by atoms with Gasteiger partial charge in [-0.05, 0) is 41.5 Å². The Bertz CT molecular complexity index is 549. The Labute approximate surface area is 118 Å². The van der Waals surface area contributed by atoms with Crippen molar-refractivity contribution in [2.45, 2.75) is 26.0 Å². The average molecular weight is 273 g/mol. The zero-order chi connectivity index (χ0) is 13.1. The van der Waals surface area contributed by atoms with E-state index in [0.717, 1.165) is 26.1 Å². The fourth-order valence-corrected chi connectivity index (χ4v) is 3.42. The van der Waals surface area contributed by atoms with E-state index >= 15 is 0 Å². The predicted molar refractivity (Wildman–Crippen MR) is 79.6 cm³/mol. The highest BCUT2D eigenvalue weighted by Crippen LogP contribution is 2.26. The van der Waals surface area contributed by atoms with Crippen molar-refractivity contribution in [3.63, 3.8) is 0 Å². The Hall–Kier alpha value is -1.16. The van der Waals surface area contributed by atoms with Crippen LogP contribution in [0.3, 0.4) is 0 Å². The molecule has 3 rings (SSSR count). The molecule has 3 heteroatoms. The molecule has 1 unspecified atom stereocenters. The zero-order valence-electron chi connectivity index (χ0n) is 11.2. The maximum atomic E-state index is 5.89. The summed E-state index contributed by atoms with van der Waals surface area (Å²) in [6.07, 6.45) is 1.24. The van der Waals surface area contributed by atoms with Gasteiger partial charge in [-0.1, -0.05) is 24.3 Å². The summed E-state index contributed by atoms with van der Waals surface area (Å²) in [5.74, 6) is 0. The number of fused-ring (bicyclic) bond motifs is 1. The molecule has 1 aromatic heterocycles. The number of hydrogen-bond acceptors (Lipinski definition) is 3. The lowest BCUT2D eigenvalue weighted by molar-refractivity contribution is 0.0424. The van der Waals surface area contributed by atoms with Gasteiger partial charge in [0.05, 0.1) is 12.7 Å². The van der Waals surface area contributed by atoms with Gasteiger partial charge in [-0.2, -0.15) is 0 Å². The highest BCUT2D eigenvalue weighted by Gasteiger charge is 2.19.